The van der Waals surface area contributed by atoms with Crippen LogP contribution in [0, 0.1) is 5.82 Å². The Bertz CT molecular complexity index is 939. The van der Waals surface area contributed by atoms with Crippen molar-refractivity contribution in [2.45, 2.75) is 38.7 Å². The number of hydrogen-bond donors (Lipinski definition) is 2. The molecule has 1 aliphatic rings. The third-order valence-electron chi connectivity index (χ3n) is 4.74. The van der Waals surface area contributed by atoms with Crippen molar-refractivity contribution in [3.8, 4) is 5.88 Å². The van der Waals surface area contributed by atoms with Crippen molar-refractivity contribution >= 4 is 29.4 Å². The Hall–Kier alpha value is -2.38. The molecule has 1 aliphatic heterocycles. The number of benzene rings is 1. The van der Waals surface area contributed by atoms with Crippen LogP contribution in [0.3, 0.4) is 0 Å². The van der Waals surface area contributed by atoms with Crippen molar-refractivity contribution in [2.24, 2.45) is 0 Å². The fraction of sp³-hybridized carbons (Fsp3) is 0.400. The lowest BCUT2D eigenvalue weighted by molar-refractivity contribution is 0.154. The number of anilines is 2. The number of nitrogens with one attached hydrogen (secondary N) is 2. The Kier molecular flexibility index (Phi) is 6.36. The van der Waals surface area contributed by atoms with Gasteiger partial charge in [0, 0.05) is 11.8 Å². The Morgan fingerprint density at radius 1 is 1.25 bits per heavy atom. The van der Waals surface area contributed by atoms with Gasteiger partial charge in [0.15, 0.2) is 5.65 Å². The molecule has 1 aromatic carbocycles. The summed E-state index contributed by atoms with van der Waals surface area (Å²) >= 11 is 0. The number of ether oxygens (including phenoxy) is 1. The van der Waals surface area contributed by atoms with Crippen LogP contribution in [-0.4, -0.2) is 33.8 Å². The van der Waals surface area contributed by atoms with E-state index in [0.717, 1.165) is 37.3 Å². The van der Waals surface area contributed by atoms with Crippen molar-refractivity contribution < 1.29 is 9.13 Å². The molecule has 8 heteroatoms. The molecule has 0 bridgehead atoms. The molecule has 3 aromatic rings. The van der Waals surface area contributed by atoms with E-state index in [0.29, 0.717) is 17.2 Å². The Balaban J connectivity index is 0.00000225. The molecule has 28 heavy (non-hydrogen) atoms. The zero-order chi connectivity index (χ0) is 18.8. The highest BCUT2D eigenvalue weighted by Crippen LogP contribution is 2.28. The van der Waals surface area contributed by atoms with Gasteiger partial charge in [0.05, 0.1) is 17.6 Å². The highest BCUT2D eigenvalue weighted by atomic mass is 35.5. The predicted octanol–water partition coefficient (Wildman–Crippen LogP) is 4.29. The topological polar surface area (TPSA) is 63.5 Å². The molecule has 0 saturated carbocycles. The number of hydrogen-bond acceptors (Lipinski definition) is 5. The van der Waals surface area contributed by atoms with E-state index in [2.05, 4.69) is 34.6 Å². The average Bonchev–Trinajstić information content (AvgIpc) is 3.07. The van der Waals surface area contributed by atoms with Gasteiger partial charge in [-0.05, 0) is 50.0 Å². The van der Waals surface area contributed by atoms with Crippen LogP contribution in [0.1, 0.15) is 38.3 Å². The van der Waals surface area contributed by atoms with Crippen molar-refractivity contribution in [3.63, 3.8) is 0 Å². The summed E-state index contributed by atoms with van der Waals surface area (Å²) in [6.07, 6.45) is 3.88. The first-order chi connectivity index (χ1) is 13.1. The van der Waals surface area contributed by atoms with E-state index in [1.807, 2.05) is 22.8 Å². The molecular weight excluding hydrogens is 381 g/mol. The summed E-state index contributed by atoms with van der Waals surface area (Å²) in [5, 5.41) is 11.3. The molecule has 0 unspecified atom stereocenters. The molecule has 0 atom stereocenters. The van der Waals surface area contributed by atoms with E-state index in [9.17, 15) is 4.39 Å². The molecule has 0 aliphatic carbocycles. The van der Waals surface area contributed by atoms with Crippen LogP contribution in [0.2, 0.25) is 0 Å². The molecule has 6 nitrogen and oxygen atoms in total. The standard InChI is InChI=1S/C20H24FN5O.ClH/c1-13(2)18-12-23-20-17(24-15-5-3-4-14(21)10-15)11-19(25-26(18)20)27-16-6-8-22-9-7-16;/h3-5,10-13,16,22,24H,6-9H2,1-2H3;1H. The van der Waals surface area contributed by atoms with Gasteiger partial charge >= 0.3 is 0 Å². The highest BCUT2D eigenvalue weighted by Gasteiger charge is 2.19. The smallest absolute Gasteiger partial charge is 0.234 e. The minimum Gasteiger partial charge on any atom is -0.473 e. The summed E-state index contributed by atoms with van der Waals surface area (Å²) in [5.74, 6) is 0.527. The Labute approximate surface area is 169 Å². The van der Waals surface area contributed by atoms with E-state index in [1.54, 1.807) is 6.07 Å². The van der Waals surface area contributed by atoms with Crippen molar-refractivity contribution in [1.82, 2.24) is 19.9 Å². The van der Waals surface area contributed by atoms with Gasteiger partial charge in [0.2, 0.25) is 5.88 Å². The minimum absolute atomic E-state index is 0. The molecule has 1 fully saturated rings. The van der Waals surface area contributed by atoms with Crippen molar-refractivity contribution in [3.05, 3.63) is 48.0 Å². The van der Waals surface area contributed by atoms with Crippen molar-refractivity contribution in [1.29, 1.82) is 0 Å². The second-order valence-corrected chi connectivity index (χ2v) is 7.17. The van der Waals surface area contributed by atoms with Gasteiger partial charge in [-0.15, -0.1) is 17.5 Å². The van der Waals surface area contributed by atoms with E-state index >= 15 is 0 Å². The SMILES string of the molecule is CC(C)c1cnc2c(Nc3cccc(F)c3)cc(OC3CCNCC3)nn12.Cl. The molecule has 3 heterocycles. The van der Waals surface area contributed by atoms with Crippen LogP contribution in [0.5, 0.6) is 5.88 Å². The first kappa shape index (κ1) is 20.4. The van der Waals surface area contributed by atoms with E-state index < -0.39 is 0 Å². The number of piperidine rings is 1. The number of rotatable bonds is 5. The summed E-state index contributed by atoms with van der Waals surface area (Å²) in [7, 11) is 0. The van der Waals surface area contributed by atoms with E-state index in [-0.39, 0.29) is 30.2 Å². The maximum absolute atomic E-state index is 13.6. The van der Waals surface area contributed by atoms with Gasteiger partial charge in [-0.2, -0.15) is 0 Å². The quantitative estimate of drug-likeness (QED) is 0.663. The lowest BCUT2D eigenvalue weighted by Gasteiger charge is -2.23. The van der Waals surface area contributed by atoms with Gasteiger partial charge < -0.3 is 15.4 Å². The average molecular weight is 406 g/mol. The second-order valence-electron chi connectivity index (χ2n) is 7.17. The summed E-state index contributed by atoms with van der Waals surface area (Å²) < 4.78 is 21.6. The lowest BCUT2D eigenvalue weighted by atomic mass is 10.1. The van der Waals surface area contributed by atoms with Gasteiger partial charge in [0.1, 0.15) is 11.9 Å². The summed E-state index contributed by atoms with van der Waals surface area (Å²) in [6.45, 7) is 6.10. The third-order valence-corrected chi connectivity index (χ3v) is 4.74. The highest BCUT2D eigenvalue weighted by molar-refractivity contribution is 5.85. The normalized spacial score (nSPS) is 14.9. The van der Waals surface area contributed by atoms with E-state index in [1.165, 1.54) is 12.1 Å². The van der Waals surface area contributed by atoms with Crippen molar-refractivity contribution in [2.75, 3.05) is 18.4 Å². The molecule has 4 rings (SSSR count). The molecule has 0 radical (unpaired) electrons. The van der Waals surface area contributed by atoms with Crippen LogP contribution in [0.15, 0.2) is 36.5 Å². The van der Waals surface area contributed by atoms with Crippen LogP contribution in [-0.2, 0) is 0 Å². The predicted molar refractivity (Wildman–Crippen MR) is 111 cm³/mol. The molecule has 2 N–H and O–H groups in total. The van der Waals surface area contributed by atoms with Gasteiger partial charge in [-0.1, -0.05) is 19.9 Å². The maximum Gasteiger partial charge on any atom is 0.234 e. The first-order valence-corrected chi connectivity index (χ1v) is 9.39. The summed E-state index contributed by atoms with van der Waals surface area (Å²) in [4.78, 5) is 4.53. The monoisotopic (exact) mass is 405 g/mol. The van der Waals surface area contributed by atoms with Crippen LogP contribution in [0.4, 0.5) is 15.8 Å². The zero-order valence-electron chi connectivity index (χ0n) is 16.0. The van der Waals surface area contributed by atoms with E-state index in [4.69, 9.17) is 4.74 Å². The van der Waals surface area contributed by atoms with Gasteiger partial charge in [-0.3, -0.25) is 0 Å². The van der Waals surface area contributed by atoms with Crippen LogP contribution in [0.25, 0.3) is 5.65 Å². The van der Waals surface area contributed by atoms with Crippen LogP contribution >= 0.6 is 12.4 Å². The van der Waals surface area contributed by atoms with Crippen LogP contribution < -0.4 is 15.4 Å². The number of halogens is 2. The molecule has 2 aromatic heterocycles. The number of nitrogens with zero attached hydrogens (tertiary/aromatic N) is 3. The lowest BCUT2D eigenvalue weighted by Crippen LogP contribution is -2.34. The minimum atomic E-state index is -0.289. The summed E-state index contributed by atoms with van der Waals surface area (Å²) in [5.41, 5.74) is 3.10. The number of imidazole rings is 1. The molecular formula is C20H25ClFN5O. The largest absolute Gasteiger partial charge is 0.473 e. The Morgan fingerprint density at radius 2 is 2.04 bits per heavy atom. The number of fused-ring (bicyclic) bond motifs is 1. The second kappa shape index (κ2) is 8.75. The molecule has 0 amide bonds. The molecule has 1 saturated heterocycles. The molecule has 150 valence electrons. The fourth-order valence-corrected chi connectivity index (χ4v) is 3.31. The fourth-order valence-electron chi connectivity index (χ4n) is 3.31. The summed E-state index contributed by atoms with van der Waals surface area (Å²) in [6, 6.07) is 8.22. The first-order valence-electron chi connectivity index (χ1n) is 9.39. The molecule has 0 spiro atoms. The number of aromatic nitrogens is 3. The third kappa shape index (κ3) is 4.36. The van der Waals surface area contributed by atoms with Gasteiger partial charge in [-0.25, -0.2) is 13.9 Å². The maximum atomic E-state index is 13.6. The van der Waals surface area contributed by atoms with Gasteiger partial charge in [0.25, 0.3) is 0 Å². The Morgan fingerprint density at radius 3 is 2.75 bits per heavy atom. The zero-order valence-corrected chi connectivity index (χ0v) is 16.8.